The van der Waals surface area contributed by atoms with Gasteiger partial charge in [0.15, 0.2) is 0 Å². The van der Waals surface area contributed by atoms with Gasteiger partial charge in [0, 0.05) is 16.7 Å². The molecule has 0 fully saturated rings. The van der Waals surface area contributed by atoms with Crippen LogP contribution in [0, 0.1) is 0 Å². The Labute approximate surface area is 111 Å². The summed E-state index contributed by atoms with van der Waals surface area (Å²) in [5, 5.41) is 4.36. The van der Waals surface area contributed by atoms with Gasteiger partial charge in [-0.2, -0.15) is 11.3 Å². The molecule has 0 spiro atoms. The van der Waals surface area contributed by atoms with Crippen molar-refractivity contribution in [1.82, 2.24) is 0 Å². The van der Waals surface area contributed by atoms with Crippen molar-refractivity contribution in [1.29, 1.82) is 0 Å². The van der Waals surface area contributed by atoms with E-state index in [-0.39, 0.29) is 6.04 Å². The van der Waals surface area contributed by atoms with Gasteiger partial charge in [-0.05, 0) is 53.4 Å². The number of nitrogens with two attached hydrogens (primary N) is 1. The zero-order chi connectivity index (χ0) is 12.1. The van der Waals surface area contributed by atoms with Crippen molar-refractivity contribution < 1.29 is 0 Å². The lowest BCUT2D eigenvalue weighted by atomic mass is 10.1. The Morgan fingerprint density at radius 1 is 1.35 bits per heavy atom. The molecule has 1 heterocycles. The first kappa shape index (κ1) is 12.7. The summed E-state index contributed by atoms with van der Waals surface area (Å²) in [7, 11) is 0. The molecular weight excluding hydrogens is 246 g/mol. The summed E-state index contributed by atoms with van der Waals surface area (Å²) >= 11 is 3.67. The molecule has 0 aliphatic carbocycles. The van der Waals surface area contributed by atoms with Gasteiger partial charge in [0.2, 0.25) is 0 Å². The predicted molar refractivity (Wildman–Crippen MR) is 77.8 cm³/mol. The maximum Gasteiger partial charge on any atom is 0.0266 e. The summed E-state index contributed by atoms with van der Waals surface area (Å²) in [6.45, 7) is 2.02. The van der Waals surface area contributed by atoms with Gasteiger partial charge in [0.05, 0.1) is 0 Å². The van der Waals surface area contributed by atoms with Gasteiger partial charge in [0.1, 0.15) is 0 Å². The van der Waals surface area contributed by atoms with E-state index in [1.165, 1.54) is 16.0 Å². The number of hydrogen-bond acceptors (Lipinski definition) is 3. The Morgan fingerprint density at radius 2 is 2.24 bits per heavy atom. The first-order chi connectivity index (χ1) is 8.25. The summed E-state index contributed by atoms with van der Waals surface area (Å²) < 4.78 is 0. The highest BCUT2D eigenvalue weighted by Crippen LogP contribution is 2.22. The molecule has 17 heavy (non-hydrogen) atoms. The molecule has 0 aliphatic heterocycles. The van der Waals surface area contributed by atoms with Crippen LogP contribution >= 0.6 is 23.1 Å². The molecule has 0 radical (unpaired) electrons. The van der Waals surface area contributed by atoms with Crippen LogP contribution in [0.2, 0.25) is 0 Å². The molecule has 0 saturated carbocycles. The van der Waals surface area contributed by atoms with Crippen molar-refractivity contribution in [3.8, 4) is 0 Å². The second kappa shape index (κ2) is 6.24. The van der Waals surface area contributed by atoms with Crippen LogP contribution in [0.4, 0.5) is 0 Å². The van der Waals surface area contributed by atoms with Crippen molar-refractivity contribution >= 4 is 23.1 Å². The molecule has 1 aromatic heterocycles. The normalized spacial score (nSPS) is 12.6. The van der Waals surface area contributed by atoms with E-state index < -0.39 is 0 Å². The lowest BCUT2D eigenvalue weighted by molar-refractivity contribution is 0.815. The van der Waals surface area contributed by atoms with Crippen LogP contribution in [0.5, 0.6) is 0 Å². The van der Waals surface area contributed by atoms with Crippen LogP contribution in [0.15, 0.2) is 46.0 Å². The highest BCUT2D eigenvalue weighted by atomic mass is 32.2. The fourth-order valence-corrected chi connectivity index (χ4v) is 3.28. The number of hydrogen-bond donors (Lipinski definition) is 1. The predicted octanol–water partition coefficient (Wildman–Crippen LogP) is 4.10. The molecule has 1 nitrogen and oxygen atoms in total. The first-order valence-corrected chi connectivity index (χ1v) is 7.68. The largest absolute Gasteiger partial charge is 0.324 e. The molecule has 2 N–H and O–H groups in total. The van der Waals surface area contributed by atoms with Gasteiger partial charge < -0.3 is 5.73 Å². The smallest absolute Gasteiger partial charge is 0.0266 e. The van der Waals surface area contributed by atoms with Gasteiger partial charge in [-0.15, -0.1) is 11.8 Å². The van der Waals surface area contributed by atoms with Crippen molar-refractivity contribution in [3.63, 3.8) is 0 Å². The minimum absolute atomic E-state index is 0.118. The summed E-state index contributed by atoms with van der Waals surface area (Å²) in [5.74, 6) is 1.12. The van der Waals surface area contributed by atoms with Crippen molar-refractivity contribution in [3.05, 3.63) is 52.2 Å². The molecule has 0 saturated heterocycles. The zero-order valence-electron chi connectivity index (χ0n) is 9.93. The van der Waals surface area contributed by atoms with E-state index in [0.29, 0.717) is 0 Å². The fourth-order valence-electron chi connectivity index (χ4n) is 1.61. The number of benzene rings is 1. The number of thioether (sulfide) groups is 1. The van der Waals surface area contributed by atoms with Gasteiger partial charge in [0.25, 0.3) is 0 Å². The minimum atomic E-state index is 0.118. The standard InChI is InChI=1S/C14H17NS2/c1-11(15)13-3-2-4-14(9-13)17-8-6-12-5-7-16-10-12/h2-5,7,9-11H,6,8,15H2,1H3. The second-order valence-corrected chi connectivity index (χ2v) is 6.04. The van der Waals surface area contributed by atoms with Crippen LogP contribution in [0.1, 0.15) is 24.1 Å². The van der Waals surface area contributed by atoms with E-state index in [0.717, 1.165) is 12.2 Å². The topological polar surface area (TPSA) is 26.0 Å². The molecule has 3 heteroatoms. The summed E-state index contributed by atoms with van der Waals surface area (Å²) in [6, 6.07) is 10.9. The van der Waals surface area contributed by atoms with Crippen LogP contribution in [-0.2, 0) is 6.42 Å². The molecular formula is C14H17NS2. The molecule has 1 unspecified atom stereocenters. The third-order valence-corrected chi connectivity index (χ3v) is 4.35. The van der Waals surface area contributed by atoms with Crippen molar-refractivity contribution in [2.45, 2.75) is 24.3 Å². The van der Waals surface area contributed by atoms with Crippen LogP contribution in [0.3, 0.4) is 0 Å². The highest BCUT2D eigenvalue weighted by Gasteiger charge is 2.01. The summed E-state index contributed by atoms with van der Waals surface area (Å²) in [6.07, 6.45) is 1.14. The van der Waals surface area contributed by atoms with E-state index in [2.05, 4.69) is 41.1 Å². The zero-order valence-corrected chi connectivity index (χ0v) is 11.6. The van der Waals surface area contributed by atoms with Crippen molar-refractivity contribution in [2.75, 3.05) is 5.75 Å². The van der Waals surface area contributed by atoms with Gasteiger partial charge in [-0.1, -0.05) is 12.1 Å². The molecule has 1 aromatic carbocycles. The third kappa shape index (κ3) is 3.87. The Morgan fingerprint density at radius 3 is 2.94 bits per heavy atom. The van der Waals surface area contributed by atoms with E-state index in [4.69, 9.17) is 5.73 Å². The van der Waals surface area contributed by atoms with Crippen LogP contribution < -0.4 is 5.73 Å². The Bertz CT molecular complexity index is 449. The van der Waals surface area contributed by atoms with Gasteiger partial charge >= 0.3 is 0 Å². The van der Waals surface area contributed by atoms with Crippen LogP contribution in [0.25, 0.3) is 0 Å². The van der Waals surface area contributed by atoms with E-state index in [1.807, 2.05) is 18.7 Å². The maximum atomic E-state index is 5.88. The van der Waals surface area contributed by atoms with Crippen LogP contribution in [-0.4, -0.2) is 5.75 Å². The lowest BCUT2D eigenvalue weighted by Gasteiger charge is -2.07. The second-order valence-electron chi connectivity index (χ2n) is 4.09. The number of rotatable bonds is 5. The monoisotopic (exact) mass is 263 g/mol. The average Bonchev–Trinajstić information content (AvgIpc) is 2.82. The van der Waals surface area contributed by atoms with Gasteiger partial charge in [-0.25, -0.2) is 0 Å². The number of thiophene rings is 1. The quantitative estimate of drug-likeness (QED) is 0.822. The minimum Gasteiger partial charge on any atom is -0.324 e. The highest BCUT2D eigenvalue weighted by molar-refractivity contribution is 7.99. The first-order valence-electron chi connectivity index (χ1n) is 5.75. The Kier molecular flexibility index (Phi) is 4.66. The molecule has 90 valence electrons. The van der Waals surface area contributed by atoms with Gasteiger partial charge in [-0.3, -0.25) is 0 Å². The fraction of sp³-hybridized carbons (Fsp3) is 0.286. The van der Waals surface area contributed by atoms with Crippen molar-refractivity contribution in [2.24, 2.45) is 5.73 Å². The third-order valence-electron chi connectivity index (χ3n) is 2.62. The molecule has 0 bridgehead atoms. The molecule has 0 aliphatic rings. The summed E-state index contributed by atoms with van der Waals surface area (Å²) in [4.78, 5) is 1.31. The molecule has 1 atom stereocenters. The van der Waals surface area contributed by atoms with E-state index in [1.54, 1.807) is 11.3 Å². The average molecular weight is 263 g/mol. The Hall–Kier alpha value is -0.770. The SMILES string of the molecule is CC(N)c1cccc(SCCc2ccsc2)c1. The summed E-state index contributed by atoms with van der Waals surface area (Å²) in [5.41, 5.74) is 8.53. The Balaban J connectivity index is 1.88. The van der Waals surface area contributed by atoms with E-state index >= 15 is 0 Å². The maximum absolute atomic E-state index is 5.88. The number of aryl methyl sites for hydroxylation is 1. The molecule has 2 rings (SSSR count). The molecule has 0 amide bonds. The van der Waals surface area contributed by atoms with E-state index in [9.17, 15) is 0 Å². The lowest BCUT2D eigenvalue weighted by Crippen LogP contribution is -2.04. The molecule has 2 aromatic rings.